The molecule has 2 amide bonds. The number of aryl methyl sites for hydroxylation is 1. The second-order valence-corrected chi connectivity index (χ2v) is 7.24. The van der Waals surface area contributed by atoms with Crippen LogP contribution in [-0.2, 0) is 16.0 Å². The summed E-state index contributed by atoms with van der Waals surface area (Å²) in [4.78, 5) is 29.4. The average Bonchev–Trinajstić information content (AvgIpc) is 2.73. The van der Waals surface area contributed by atoms with E-state index in [0.29, 0.717) is 18.0 Å². The van der Waals surface area contributed by atoms with E-state index in [9.17, 15) is 9.59 Å². The van der Waals surface area contributed by atoms with Crippen LogP contribution in [0.2, 0.25) is 0 Å². The van der Waals surface area contributed by atoms with E-state index in [4.69, 9.17) is 4.74 Å². The molecule has 3 rings (SSSR count). The molecule has 0 aromatic heterocycles. The summed E-state index contributed by atoms with van der Waals surface area (Å²) in [5.41, 5.74) is 2.84. The van der Waals surface area contributed by atoms with Gasteiger partial charge in [-0.1, -0.05) is 37.3 Å². The van der Waals surface area contributed by atoms with Crippen LogP contribution in [0.1, 0.15) is 25.3 Å². The lowest BCUT2D eigenvalue weighted by atomic mass is 10.0. The van der Waals surface area contributed by atoms with Gasteiger partial charge in [0.1, 0.15) is 5.75 Å². The highest BCUT2D eigenvalue weighted by Crippen LogP contribution is 2.27. The Morgan fingerprint density at radius 3 is 2.66 bits per heavy atom. The van der Waals surface area contributed by atoms with Gasteiger partial charge in [-0.25, -0.2) is 0 Å². The molecule has 2 aromatic rings. The number of hydrogen-bond donors (Lipinski definition) is 1. The monoisotopic (exact) mass is 395 g/mol. The molecule has 0 fully saturated rings. The largest absolute Gasteiger partial charge is 0.495 e. The van der Waals surface area contributed by atoms with Crippen molar-refractivity contribution in [3.63, 3.8) is 0 Å². The van der Waals surface area contributed by atoms with Crippen molar-refractivity contribution in [3.05, 3.63) is 54.1 Å². The van der Waals surface area contributed by atoms with Crippen LogP contribution in [0, 0.1) is 0 Å². The predicted molar refractivity (Wildman–Crippen MR) is 115 cm³/mol. The van der Waals surface area contributed by atoms with E-state index in [-0.39, 0.29) is 24.9 Å². The zero-order valence-corrected chi connectivity index (χ0v) is 17.2. The van der Waals surface area contributed by atoms with Gasteiger partial charge in [-0.15, -0.1) is 0 Å². The Kier molecular flexibility index (Phi) is 7.25. The molecule has 0 aliphatic carbocycles. The SMILES string of the molecule is CCCN(CC(=O)Nc1ccccc1OC)CC(=O)N1CCCc2ccccc21. The number of nitrogens with one attached hydrogen (secondary N) is 1. The van der Waals surface area contributed by atoms with Crippen molar-refractivity contribution in [3.8, 4) is 5.75 Å². The van der Waals surface area contributed by atoms with Crippen LogP contribution in [0.25, 0.3) is 0 Å². The van der Waals surface area contributed by atoms with Crippen LogP contribution < -0.4 is 15.0 Å². The Morgan fingerprint density at radius 2 is 1.86 bits per heavy atom. The maximum Gasteiger partial charge on any atom is 0.241 e. The Labute approximate surface area is 172 Å². The minimum absolute atomic E-state index is 0.0377. The molecule has 0 saturated carbocycles. The van der Waals surface area contributed by atoms with Gasteiger partial charge in [0.2, 0.25) is 11.8 Å². The molecule has 0 saturated heterocycles. The highest BCUT2D eigenvalue weighted by atomic mass is 16.5. The number of anilines is 2. The standard InChI is InChI=1S/C23H29N3O3/c1-3-14-25(16-22(27)24-19-11-5-7-13-21(19)29-2)17-23(28)26-15-8-10-18-9-4-6-12-20(18)26/h4-7,9,11-13H,3,8,10,14-17H2,1-2H3,(H,24,27). The number of ether oxygens (including phenoxy) is 1. The van der Waals surface area contributed by atoms with Gasteiger partial charge in [0, 0.05) is 12.2 Å². The summed E-state index contributed by atoms with van der Waals surface area (Å²) >= 11 is 0. The molecular weight excluding hydrogens is 366 g/mol. The lowest BCUT2D eigenvalue weighted by Crippen LogP contribution is -2.45. The molecule has 1 N–H and O–H groups in total. The number of hydrogen-bond acceptors (Lipinski definition) is 4. The summed E-state index contributed by atoms with van der Waals surface area (Å²) in [6, 6.07) is 15.4. The third kappa shape index (κ3) is 5.35. The minimum atomic E-state index is -0.158. The normalized spacial score (nSPS) is 13.1. The number of fused-ring (bicyclic) bond motifs is 1. The van der Waals surface area contributed by atoms with E-state index < -0.39 is 0 Å². The second-order valence-electron chi connectivity index (χ2n) is 7.24. The second kappa shape index (κ2) is 10.1. The first-order chi connectivity index (χ1) is 14.1. The Morgan fingerprint density at radius 1 is 1.10 bits per heavy atom. The van der Waals surface area contributed by atoms with Crippen molar-refractivity contribution in [1.29, 1.82) is 0 Å². The number of para-hydroxylation sites is 3. The van der Waals surface area contributed by atoms with Gasteiger partial charge in [0.05, 0.1) is 25.9 Å². The highest BCUT2D eigenvalue weighted by molar-refractivity contribution is 5.97. The van der Waals surface area contributed by atoms with E-state index in [1.54, 1.807) is 19.2 Å². The molecule has 2 aromatic carbocycles. The summed E-state index contributed by atoms with van der Waals surface area (Å²) < 4.78 is 5.29. The van der Waals surface area contributed by atoms with E-state index in [1.807, 2.05) is 47.1 Å². The van der Waals surface area contributed by atoms with Gasteiger partial charge >= 0.3 is 0 Å². The van der Waals surface area contributed by atoms with E-state index in [0.717, 1.165) is 31.5 Å². The van der Waals surface area contributed by atoms with Crippen LogP contribution in [0.3, 0.4) is 0 Å². The molecule has 0 spiro atoms. The Balaban J connectivity index is 1.64. The van der Waals surface area contributed by atoms with Crippen LogP contribution in [-0.4, -0.2) is 50.0 Å². The topological polar surface area (TPSA) is 61.9 Å². The molecule has 6 nitrogen and oxygen atoms in total. The van der Waals surface area contributed by atoms with E-state index >= 15 is 0 Å². The first kappa shape index (κ1) is 20.9. The zero-order chi connectivity index (χ0) is 20.6. The smallest absolute Gasteiger partial charge is 0.241 e. The van der Waals surface area contributed by atoms with Gasteiger partial charge in [-0.3, -0.25) is 14.5 Å². The number of carbonyl (C=O) groups is 2. The molecule has 0 radical (unpaired) electrons. The fraction of sp³-hybridized carbons (Fsp3) is 0.391. The van der Waals surface area contributed by atoms with Crippen molar-refractivity contribution in [2.75, 3.05) is 43.5 Å². The van der Waals surface area contributed by atoms with Crippen LogP contribution in [0.15, 0.2) is 48.5 Å². The minimum Gasteiger partial charge on any atom is -0.495 e. The van der Waals surface area contributed by atoms with E-state index in [2.05, 4.69) is 11.4 Å². The highest BCUT2D eigenvalue weighted by Gasteiger charge is 2.24. The summed E-state index contributed by atoms with van der Waals surface area (Å²) in [6.07, 6.45) is 2.83. The van der Waals surface area contributed by atoms with Crippen molar-refractivity contribution in [2.24, 2.45) is 0 Å². The van der Waals surface area contributed by atoms with Crippen molar-refractivity contribution < 1.29 is 14.3 Å². The summed E-state index contributed by atoms with van der Waals surface area (Å²) in [6.45, 7) is 3.84. The fourth-order valence-corrected chi connectivity index (χ4v) is 3.74. The lowest BCUT2D eigenvalue weighted by molar-refractivity contribution is -0.121. The summed E-state index contributed by atoms with van der Waals surface area (Å²) in [5.74, 6) is 0.495. The third-order valence-corrected chi connectivity index (χ3v) is 5.06. The number of nitrogens with zero attached hydrogens (tertiary/aromatic N) is 2. The molecule has 1 heterocycles. The first-order valence-corrected chi connectivity index (χ1v) is 10.2. The number of amides is 2. The fourth-order valence-electron chi connectivity index (χ4n) is 3.74. The molecule has 0 atom stereocenters. The van der Waals surface area contributed by atoms with E-state index in [1.165, 1.54) is 5.56 Å². The van der Waals surface area contributed by atoms with Gasteiger partial charge in [-0.05, 0) is 49.6 Å². The van der Waals surface area contributed by atoms with Crippen molar-refractivity contribution >= 4 is 23.2 Å². The first-order valence-electron chi connectivity index (χ1n) is 10.2. The molecular formula is C23H29N3O3. The number of methoxy groups -OCH3 is 1. The van der Waals surface area contributed by atoms with Crippen molar-refractivity contribution in [2.45, 2.75) is 26.2 Å². The molecule has 1 aliphatic heterocycles. The molecule has 6 heteroatoms. The molecule has 0 bridgehead atoms. The number of rotatable bonds is 8. The Bertz CT molecular complexity index is 853. The van der Waals surface area contributed by atoms with Crippen LogP contribution in [0.5, 0.6) is 5.75 Å². The van der Waals surface area contributed by atoms with Gasteiger partial charge in [-0.2, -0.15) is 0 Å². The summed E-state index contributed by atoms with van der Waals surface area (Å²) in [7, 11) is 1.57. The predicted octanol–water partition coefficient (Wildman–Crippen LogP) is 3.33. The van der Waals surface area contributed by atoms with Crippen LogP contribution in [0.4, 0.5) is 11.4 Å². The molecule has 0 unspecified atom stereocenters. The van der Waals surface area contributed by atoms with Crippen LogP contribution >= 0.6 is 0 Å². The number of carbonyl (C=O) groups excluding carboxylic acids is 2. The summed E-state index contributed by atoms with van der Waals surface area (Å²) in [5, 5.41) is 2.89. The molecule has 154 valence electrons. The van der Waals surface area contributed by atoms with Crippen molar-refractivity contribution in [1.82, 2.24) is 4.90 Å². The number of benzene rings is 2. The lowest BCUT2D eigenvalue weighted by Gasteiger charge is -2.31. The third-order valence-electron chi connectivity index (χ3n) is 5.06. The van der Waals surface area contributed by atoms with Gasteiger partial charge < -0.3 is 15.0 Å². The zero-order valence-electron chi connectivity index (χ0n) is 17.2. The quantitative estimate of drug-likeness (QED) is 0.745. The maximum absolute atomic E-state index is 13.0. The van der Waals surface area contributed by atoms with Gasteiger partial charge in [0.25, 0.3) is 0 Å². The molecule has 1 aliphatic rings. The van der Waals surface area contributed by atoms with Gasteiger partial charge in [0.15, 0.2) is 0 Å². The maximum atomic E-state index is 13.0. The average molecular weight is 396 g/mol. The molecule has 29 heavy (non-hydrogen) atoms. The Hall–Kier alpha value is -2.86.